The summed E-state index contributed by atoms with van der Waals surface area (Å²) in [6.07, 6.45) is 6.39. The fourth-order valence-electron chi connectivity index (χ4n) is 3.09. The van der Waals surface area contributed by atoms with Gasteiger partial charge in [-0.1, -0.05) is 31.4 Å². The molecule has 0 unspecified atom stereocenters. The first-order valence-corrected chi connectivity index (χ1v) is 11.3. The Morgan fingerprint density at radius 3 is 2.20 bits per heavy atom. The summed E-state index contributed by atoms with van der Waals surface area (Å²) in [5, 5.41) is -0.243. The van der Waals surface area contributed by atoms with Crippen molar-refractivity contribution in [2.24, 2.45) is 0 Å². The second kappa shape index (κ2) is 10.2. The second-order valence-electron chi connectivity index (χ2n) is 7.20. The number of hydrogen-bond donors (Lipinski definition) is 0. The summed E-state index contributed by atoms with van der Waals surface area (Å²) < 4.78 is 28.9. The number of ether oxygens (including phenoxy) is 1. The van der Waals surface area contributed by atoms with Gasteiger partial charge in [0.25, 0.3) is 0 Å². The Hall–Kier alpha value is -1.07. The molecule has 4 nitrogen and oxygen atoms in total. The van der Waals surface area contributed by atoms with E-state index in [2.05, 4.69) is 29.2 Å². The van der Waals surface area contributed by atoms with E-state index in [1.165, 1.54) is 24.1 Å². The summed E-state index contributed by atoms with van der Waals surface area (Å²) in [7, 11) is -2.86. The highest BCUT2D eigenvalue weighted by Crippen LogP contribution is 2.18. The number of nitrogens with zero attached hydrogens (tertiary/aromatic N) is 1. The lowest BCUT2D eigenvalue weighted by Gasteiger charge is -2.28. The van der Waals surface area contributed by atoms with E-state index in [4.69, 9.17) is 4.74 Å². The maximum atomic E-state index is 11.7. The van der Waals surface area contributed by atoms with Crippen LogP contribution in [-0.2, 0) is 21.0 Å². The Kier molecular flexibility index (Phi) is 8.24. The van der Waals surface area contributed by atoms with Crippen molar-refractivity contribution in [2.45, 2.75) is 57.6 Å². The standard InChI is InChI=1S/C20H33NO3S/c1-18(2)25(22,23)17-7-5-3-4-6-8-19-9-11-20(12-10-19)21-13-15-24-16-14-21/h9-12,18H,3-8,13-17H2,1-2H3. The third-order valence-corrected chi connectivity index (χ3v) is 7.22. The van der Waals surface area contributed by atoms with E-state index in [-0.39, 0.29) is 5.25 Å². The van der Waals surface area contributed by atoms with Crippen molar-refractivity contribution in [3.05, 3.63) is 29.8 Å². The van der Waals surface area contributed by atoms with E-state index in [9.17, 15) is 8.42 Å². The van der Waals surface area contributed by atoms with Crippen LogP contribution in [0.2, 0.25) is 0 Å². The first-order chi connectivity index (χ1) is 12.0. The van der Waals surface area contributed by atoms with Crippen LogP contribution >= 0.6 is 0 Å². The molecule has 1 aromatic rings. The molecule has 0 atom stereocenters. The number of hydrogen-bond acceptors (Lipinski definition) is 4. The summed E-state index contributed by atoms with van der Waals surface area (Å²) >= 11 is 0. The van der Waals surface area contributed by atoms with Crippen molar-refractivity contribution in [2.75, 3.05) is 37.0 Å². The van der Waals surface area contributed by atoms with E-state index >= 15 is 0 Å². The number of rotatable bonds is 10. The van der Waals surface area contributed by atoms with E-state index in [1.807, 2.05) is 0 Å². The zero-order valence-electron chi connectivity index (χ0n) is 15.7. The number of benzene rings is 1. The van der Waals surface area contributed by atoms with Gasteiger partial charge in [0.2, 0.25) is 0 Å². The highest BCUT2D eigenvalue weighted by molar-refractivity contribution is 7.91. The lowest BCUT2D eigenvalue weighted by molar-refractivity contribution is 0.122. The van der Waals surface area contributed by atoms with Crippen molar-refractivity contribution in [3.8, 4) is 0 Å². The van der Waals surface area contributed by atoms with Gasteiger partial charge < -0.3 is 9.64 Å². The molecule has 5 heteroatoms. The van der Waals surface area contributed by atoms with Crippen LogP contribution in [0.5, 0.6) is 0 Å². The van der Waals surface area contributed by atoms with Gasteiger partial charge in [0.15, 0.2) is 9.84 Å². The minimum Gasteiger partial charge on any atom is -0.378 e. The van der Waals surface area contributed by atoms with Gasteiger partial charge in [-0.25, -0.2) is 8.42 Å². The molecular formula is C20H33NO3S. The maximum absolute atomic E-state index is 11.7. The quantitative estimate of drug-likeness (QED) is 0.590. The first kappa shape index (κ1) is 20.2. The minimum absolute atomic E-state index is 0.243. The van der Waals surface area contributed by atoms with Crippen molar-refractivity contribution >= 4 is 15.5 Å². The predicted molar refractivity (Wildman–Crippen MR) is 105 cm³/mol. The van der Waals surface area contributed by atoms with E-state index in [0.717, 1.165) is 52.0 Å². The molecule has 0 aromatic heterocycles. The van der Waals surface area contributed by atoms with Crippen LogP contribution in [0.1, 0.15) is 51.5 Å². The topological polar surface area (TPSA) is 46.6 Å². The number of aryl methyl sites for hydroxylation is 1. The lowest BCUT2D eigenvalue weighted by atomic mass is 10.1. The van der Waals surface area contributed by atoms with Gasteiger partial charge >= 0.3 is 0 Å². The van der Waals surface area contributed by atoms with Crippen LogP contribution in [0.15, 0.2) is 24.3 Å². The van der Waals surface area contributed by atoms with Gasteiger partial charge in [-0.3, -0.25) is 0 Å². The third kappa shape index (κ3) is 6.98. The molecule has 1 aromatic carbocycles. The number of unbranched alkanes of at least 4 members (excludes halogenated alkanes) is 4. The molecule has 1 aliphatic rings. The lowest BCUT2D eigenvalue weighted by Crippen LogP contribution is -2.36. The molecule has 1 saturated heterocycles. The van der Waals surface area contributed by atoms with Gasteiger partial charge in [-0.05, 0) is 50.8 Å². The van der Waals surface area contributed by atoms with Crippen LogP contribution in [0, 0.1) is 0 Å². The van der Waals surface area contributed by atoms with Gasteiger partial charge in [0, 0.05) is 18.8 Å². The number of sulfone groups is 1. The summed E-state index contributed by atoms with van der Waals surface area (Å²) in [5.74, 6) is 0.341. The SMILES string of the molecule is CC(C)S(=O)(=O)CCCCCCCc1ccc(N2CCOCC2)cc1. The molecule has 0 saturated carbocycles. The molecule has 2 rings (SSSR count). The zero-order valence-corrected chi connectivity index (χ0v) is 16.6. The maximum Gasteiger partial charge on any atom is 0.152 e. The Labute approximate surface area is 153 Å². The molecule has 1 fully saturated rings. The van der Waals surface area contributed by atoms with Crippen LogP contribution in [-0.4, -0.2) is 45.7 Å². The largest absolute Gasteiger partial charge is 0.378 e. The summed E-state index contributed by atoms with van der Waals surface area (Å²) in [6, 6.07) is 8.91. The molecular weight excluding hydrogens is 334 g/mol. The van der Waals surface area contributed by atoms with E-state index in [1.54, 1.807) is 13.8 Å². The molecule has 1 aliphatic heterocycles. The molecule has 0 N–H and O–H groups in total. The second-order valence-corrected chi connectivity index (χ2v) is 9.88. The van der Waals surface area contributed by atoms with Gasteiger partial charge in [0.05, 0.1) is 24.2 Å². The fourth-order valence-corrected chi connectivity index (χ4v) is 4.17. The highest BCUT2D eigenvalue weighted by atomic mass is 32.2. The normalized spacial score (nSPS) is 15.7. The molecule has 142 valence electrons. The monoisotopic (exact) mass is 367 g/mol. The highest BCUT2D eigenvalue weighted by Gasteiger charge is 2.14. The molecule has 0 amide bonds. The van der Waals surface area contributed by atoms with Crippen molar-refractivity contribution in [1.29, 1.82) is 0 Å². The average Bonchev–Trinajstić information content (AvgIpc) is 2.62. The van der Waals surface area contributed by atoms with Crippen molar-refractivity contribution in [3.63, 3.8) is 0 Å². The third-order valence-electron chi connectivity index (χ3n) is 4.93. The van der Waals surface area contributed by atoms with Gasteiger partial charge in [-0.15, -0.1) is 0 Å². The van der Waals surface area contributed by atoms with Crippen LogP contribution in [0.4, 0.5) is 5.69 Å². The van der Waals surface area contributed by atoms with Gasteiger partial charge in [0.1, 0.15) is 0 Å². The Balaban J connectivity index is 1.59. The fraction of sp³-hybridized carbons (Fsp3) is 0.700. The zero-order chi connectivity index (χ0) is 18.1. The van der Waals surface area contributed by atoms with E-state index in [0.29, 0.717) is 5.75 Å². The Morgan fingerprint density at radius 1 is 0.960 bits per heavy atom. The Morgan fingerprint density at radius 2 is 1.56 bits per heavy atom. The summed E-state index contributed by atoms with van der Waals surface area (Å²) in [5.41, 5.74) is 2.68. The summed E-state index contributed by atoms with van der Waals surface area (Å²) in [6.45, 7) is 7.12. The van der Waals surface area contributed by atoms with Crippen LogP contribution in [0.3, 0.4) is 0 Å². The van der Waals surface area contributed by atoms with E-state index < -0.39 is 9.84 Å². The molecule has 0 bridgehead atoms. The molecule has 1 heterocycles. The molecule has 25 heavy (non-hydrogen) atoms. The summed E-state index contributed by atoms with van der Waals surface area (Å²) in [4.78, 5) is 2.37. The molecule has 0 aliphatic carbocycles. The number of anilines is 1. The average molecular weight is 368 g/mol. The van der Waals surface area contributed by atoms with Crippen LogP contribution < -0.4 is 4.90 Å². The van der Waals surface area contributed by atoms with Gasteiger partial charge in [-0.2, -0.15) is 0 Å². The number of morpholine rings is 1. The smallest absolute Gasteiger partial charge is 0.152 e. The molecule has 0 radical (unpaired) electrons. The predicted octanol–water partition coefficient (Wildman–Crippen LogP) is 3.84. The minimum atomic E-state index is -2.86. The first-order valence-electron chi connectivity index (χ1n) is 9.62. The Bertz CT molecular complexity index is 590. The van der Waals surface area contributed by atoms with Crippen molar-refractivity contribution in [1.82, 2.24) is 0 Å². The molecule has 0 spiro atoms. The van der Waals surface area contributed by atoms with Crippen molar-refractivity contribution < 1.29 is 13.2 Å². The van der Waals surface area contributed by atoms with Crippen LogP contribution in [0.25, 0.3) is 0 Å².